The quantitative estimate of drug-likeness (QED) is 0.839. The highest BCUT2D eigenvalue weighted by Crippen LogP contribution is 2.25. The predicted octanol–water partition coefficient (Wildman–Crippen LogP) is 2.64. The third-order valence-electron chi connectivity index (χ3n) is 2.84. The molecule has 114 valence electrons. The molecular weight excluding hydrogens is 336 g/mol. The van der Waals surface area contributed by atoms with Crippen LogP contribution < -0.4 is 0 Å². The van der Waals surface area contributed by atoms with Crippen molar-refractivity contribution in [1.82, 2.24) is 9.29 Å². The van der Waals surface area contributed by atoms with Crippen molar-refractivity contribution < 1.29 is 18.3 Å². The van der Waals surface area contributed by atoms with Gasteiger partial charge in [-0.15, -0.1) is 11.3 Å². The van der Waals surface area contributed by atoms with Crippen LogP contribution in [0.5, 0.6) is 0 Å². The van der Waals surface area contributed by atoms with E-state index in [-0.39, 0.29) is 23.7 Å². The van der Waals surface area contributed by atoms with Crippen molar-refractivity contribution >= 4 is 38.9 Å². The third kappa shape index (κ3) is 3.46. The maximum absolute atomic E-state index is 12.5. The SMILES string of the molecule is CCN(Cc1ccc(Cl)s1)S(=O)(=O)c1c[nH]c(C(=O)O)c1. The number of nitrogens with one attached hydrogen (secondary N) is 1. The van der Waals surface area contributed by atoms with Crippen LogP contribution in [0.15, 0.2) is 29.3 Å². The van der Waals surface area contributed by atoms with Crippen molar-refractivity contribution in [3.05, 3.63) is 39.3 Å². The number of carboxylic acid groups (broad SMARTS) is 1. The summed E-state index contributed by atoms with van der Waals surface area (Å²) in [6.07, 6.45) is 1.18. The Morgan fingerprint density at radius 3 is 2.67 bits per heavy atom. The van der Waals surface area contributed by atoms with Gasteiger partial charge in [-0.2, -0.15) is 4.31 Å². The van der Waals surface area contributed by atoms with Crippen LogP contribution in [0.25, 0.3) is 0 Å². The number of rotatable bonds is 6. The van der Waals surface area contributed by atoms with Crippen molar-refractivity contribution in [2.24, 2.45) is 0 Å². The van der Waals surface area contributed by atoms with Crippen molar-refractivity contribution in [2.75, 3.05) is 6.54 Å². The number of sulfonamides is 1. The molecule has 0 fully saturated rings. The second-order valence-corrected chi connectivity index (χ2v) is 7.93. The molecule has 0 unspecified atom stereocenters. The summed E-state index contributed by atoms with van der Waals surface area (Å²) in [4.78, 5) is 14.0. The number of aromatic amines is 1. The molecule has 0 atom stereocenters. The monoisotopic (exact) mass is 348 g/mol. The smallest absolute Gasteiger partial charge is 0.352 e. The number of halogens is 1. The Balaban J connectivity index is 2.28. The molecule has 0 aliphatic carbocycles. The Labute approximate surface area is 131 Å². The molecule has 2 rings (SSSR count). The summed E-state index contributed by atoms with van der Waals surface area (Å²) in [5.74, 6) is -1.20. The van der Waals surface area contributed by atoms with Crippen molar-refractivity contribution in [2.45, 2.75) is 18.4 Å². The van der Waals surface area contributed by atoms with E-state index in [2.05, 4.69) is 4.98 Å². The van der Waals surface area contributed by atoms with Crippen LogP contribution in [0, 0.1) is 0 Å². The van der Waals surface area contributed by atoms with Crippen molar-refractivity contribution in [3.8, 4) is 0 Å². The second-order valence-electron chi connectivity index (χ2n) is 4.19. The normalized spacial score (nSPS) is 12.0. The lowest BCUT2D eigenvalue weighted by molar-refractivity contribution is 0.0691. The lowest BCUT2D eigenvalue weighted by Crippen LogP contribution is -2.29. The van der Waals surface area contributed by atoms with Crippen LogP contribution >= 0.6 is 22.9 Å². The van der Waals surface area contributed by atoms with Gasteiger partial charge in [0.25, 0.3) is 0 Å². The maximum atomic E-state index is 12.5. The molecule has 2 N–H and O–H groups in total. The summed E-state index contributed by atoms with van der Waals surface area (Å²) in [7, 11) is -3.75. The molecule has 0 bridgehead atoms. The van der Waals surface area contributed by atoms with Gasteiger partial charge in [-0.25, -0.2) is 13.2 Å². The first-order chi connectivity index (χ1) is 9.84. The Kier molecular flexibility index (Phi) is 4.72. The molecule has 0 aliphatic rings. The second kappa shape index (κ2) is 6.18. The highest BCUT2D eigenvalue weighted by molar-refractivity contribution is 7.89. The lowest BCUT2D eigenvalue weighted by atomic mass is 10.4. The van der Waals surface area contributed by atoms with Gasteiger partial charge in [0, 0.05) is 24.2 Å². The van der Waals surface area contributed by atoms with E-state index in [0.717, 1.165) is 10.9 Å². The Hall–Kier alpha value is -1.35. The van der Waals surface area contributed by atoms with E-state index in [9.17, 15) is 13.2 Å². The molecular formula is C12H13ClN2O4S2. The summed E-state index contributed by atoms with van der Waals surface area (Å²) < 4.78 is 26.8. The lowest BCUT2D eigenvalue weighted by Gasteiger charge is -2.18. The van der Waals surface area contributed by atoms with Gasteiger partial charge < -0.3 is 10.1 Å². The molecule has 0 saturated carbocycles. The first-order valence-corrected chi connectivity index (χ1v) is 8.64. The largest absolute Gasteiger partial charge is 0.477 e. The molecule has 2 aromatic rings. The van der Waals surface area contributed by atoms with E-state index >= 15 is 0 Å². The molecule has 0 radical (unpaired) electrons. The molecule has 9 heteroatoms. The zero-order valence-electron chi connectivity index (χ0n) is 11.0. The standard InChI is InChI=1S/C12H13ClN2O4S2/c1-2-15(7-8-3-4-11(13)20-8)21(18,19)9-5-10(12(16)17)14-6-9/h3-6,14H,2,7H2,1H3,(H,16,17). The van der Waals surface area contributed by atoms with Crippen LogP contribution in [0.2, 0.25) is 4.34 Å². The number of hydrogen-bond donors (Lipinski definition) is 2. The number of hydrogen-bond acceptors (Lipinski definition) is 4. The van der Waals surface area contributed by atoms with E-state index < -0.39 is 16.0 Å². The number of carbonyl (C=O) groups is 1. The van der Waals surface area contributed by atoms with E-state index in [1.54, 1.807) is 19.1 Å². The first-order valence-electron chi connectivity index (χ1n) is 6.00. The summed E-state index contributed by atoms with van der Waals surface area (Å²) in [5.41, 5.74) is -0.163. The number of thiophene rings is 1. The molecule has 6 nitrogen and oxygen atoms in total. The number of H-pyrrole nitrogens is 1. The van der Waals surface area contributed by atoms with E-state index in [0.29, 0.717) is 4.34 Å². The van der Waals surface area contributed by atoms with E-state index in [4.69, 9.17) is 16.7 Å². The predicted molar refractivity (Wildman–Crippen MR) is 80.4 cm³/mol. The number of nitrogens with zero attached hydrogens (tertiary/aromatic N) is 1. The molecule has 2 heterocycles. The topological polar surface area (TPSA) is 90.5 Å². The van der Waals surface area contributed by atoms with Gasteiger partial charge in [0.2, 0.25) is 10.0 Å². The van der Waals surface area contributed by atoms with Crippen molar-refractivity contribution in [3.63, 3.8) is 0 Å². The van der Waals surface area contributed by atoms with Crippen LogP contribution in [0.3, 0.4) is 0 Å². The zero-order chi connectivity index (χ0) is 15.6. The van der Waals surface area contributed by atoms with Gasteiger partial charge in [0.05, 0.1) is 4.34 Å². The molecule has 0 aromatic carbocycles. The maximum Gasteiger partial charge on any atom is 0.352 e. The summed E-state index contributed by atoms with van der Waals surface area (Å²) in [6, 6.07) is 4.59. The molecule has 0 aliphatic heterocycles. The first kappa shape index (κ1) is 16.0. The molecule has 2 aromatic heterocycles. The Bertz CT molecular complexity index is 751. The Morgan fingerprint density at radius 2 is 2.19 bits per heavy atom. The number of carboxylic acids is 1. The van der Waals surface area contributed by atoms with Gasteiger partial charge in [0.1, 0.15) is 10.6 Å². The fourth-order valence-electron chi connectivity index (χ4n) is 1.77. The van der Waals surface area contributed by atoms with Gasteiger partial charge in [0.15, 0.2) is 0 Å². The van der Waals surface area contributed by atoms with Crippen LogP contribution in [-0.4, -0.2) is 35.3 Å². The number of aromatic nitrogens is 1. The summed E-state index contributed by atoms with van der Waals surface area (Å²) in [5, 5.41) is 8.84. The summed E-state index contributed by atoms with van der Waals surface area (Å²) >= 11 is 7.15. The third-order valence-corrected chi connectivity index (χ3v) is 5.95. The minimum Gasteiger partial charge on any atom is -0.477 e. The fourth-order valence-corrected chi connectivity index (χ4v) is 4.38. The van der Waals surface area contributed by atoms with Crippen molar-refractivity contribution in [1.29, 1.82) is 0 Å². The van der Waals surface area contributed by atoms with Gasteiger partial charge in [-0.05, 0) is 18.2 Å². The van der Waals surface area contributed by atoms with Crippen LogP contribution in [-0.2, 0) is 16.6 Å². The molecule has 0 saturated heterocycles. The van der Waals surface area contributed by atoms with E-state index in [1.165, 1.54) is 21.8 Å². The van der Waals surface area contributed by atoms with Gasteiger partial charge >= 0.3 is 5.97 Å². The minimum atomic E-state index is -3.75. The highest BCUT2D eigenvalue weighted by atomic mass is 35.5. The van der Waals surface area contributed by atoms with Gasteiger partial charge in [-0.1, -0.05) is 18.5 Å². The Morgan fingerprint density at radius 1 is 1.48 bits per heavy atom. The fraction of sp³-hybridized carbons (Fsp3) is 0.250. The molecule has 0 spiro atoms. The zero-order valence-corrected chi connectivity index (χ0v) is 13.4. The van der Waals surface area contributed by atoms with E-state index in [1.807, 2.05) is 0 Å². The number of aromatic carboxylic acids is 1. The van der Waals surface area contributed by atoms with Crippen LogP contribution in [0.4, 0.5) is 0 Å². The average Bonchev–Trinajstić information content (AvgIpc) is 3.04. The van der Waals surface area contributed by atoms with Crippen LogP contribution in [0.1, 0.15) is 22.3 Å². The molecule has 0 amide bonds. The van der Waals surface area contributed by atoms with Gasteiger partial charge in [-0.3, -0.25) is 0 Å². The highest BCUT2D eigenvalue weighted by Gasteiger charge is 2.25. The summed E-state index contributed by atoms with van der Waals surface area (Å²) in [6.45, 7) is 2.19. The average molecular weight is 349 g/mol. The minimum absolute atomic E-state index is 0.0654. The molecule has 21 heavy (non-hydrogen) atoms.